The summed E-state index contributed by atoms with van der Waals surface area (Å²) in [6.45, 7) is 3.08. The van der Waals surface area contributed by atoms with E-state index in [4.69, 9.17) is 16.7 Å². The molecule has 0 amide bonds. The van der Waals surface area contributed by atoms with Gasteiger partial charge in [-0.25, -0.2) is 13.2 Å². The van der Waals surface area contributed by atoms with Crippen molar-refractivity contribution in [1.82, 2.24) is 0 Å². The van der Waals surface area contributed by atoms with E-state index in [9.17, 15) is 13.2 Å². The summed E-state index contributed by atoms with van der Waals surface area (Å²) >= 11 is 5.45. The average molecular weight is 289 g/mol. The Kier molecular flexibility index (Phi) is 4.53. The van der Waals surface area contributed by atoms with Crippen molar-refractivity contribution in [2.45, 2.75) is 18.7 Å². The molecule has 0 heterocycles. The molecule has 1 aromatic carbocycles. The largest absolute Gasteiger partial charge is 0.478 e. The van der Waals surface area contributed by atoms with Crippen molar-refractivity contribution in [2.75, 3.05) is 5.75 Å². The molecule has 18 heavy (non-hydrogen) atoms. The van der Waals surface area contributed by atoms with Crippen LogP contribution in [0.5, 0.6) is 0 Å². The molecule has 0 aliphatic heterocycles. The summed E-state index contributed by atoms with van der Waals surface area (Å²) in [5.74, 6) is -1.37. The molecule has 0 unspecified atom stereocenters. The number of sulfone groups is 1. The Morgan fingerprint density at radius 2 is 2.06 bits per heavy atom. The second kappa shape index (κ2) is 5.54. The highest BCUT2D eigenvalue weighted by Gasteiger charge is 2.20. The molecule has 0 radical (unpaired) electrons. The average Bonchev–Trinajstić information content (AvgIpc) is 2.27. The Morgan fingerprint density at radius 3 is 2.56 bits per heavy atom. The van der Waals surface area contributed by atoms with E-state index in [1.165, 1.54) is 30.7 Å². The van der Waals surface area contributed by atoms with Crippen LogP contribution < -0.4 is 0 Å². The van der Waals surface area contributed by atoms with Crippen LogP contribution in [-0.2, 0) is 9.84 Å². The van der Waals surface area contributed by atoms with Crippen molar-refractivity contribution in [3.05, 3.63) is 40.4 Å². The molecule has 0 aliphatic rings. The van der Waals surface area contributed by atoms with Crippen LogP contribution in [0.25, 0.3) is 0 Å². The molecular formula is C12H13ClO4S. The number of benzene rings is 1. The number of carboxylic acids is 1. The fourth-order valence-electron chi connectivity index (χ4n) is 1.59. The second-order valence-corrected chi connectivity index (χ2v) is 6.12. The van der Waals surface area contributed by atoms with E-state index in [1.54, 1.807) is 6.92 Å². The van der Waals surface area contributed by atoms with E-state index in [1.807, 2.05) is 0 Å². The molecule has 0 saturated heterocycles. The lowest BCUT2D eigenvalue weighted by atomic mass is 10.1. The zero-order valence-corrected chi connectivity index (χ0v) is 11.5. The number of aromatic carboxylic acids is 1. The lowest BCUT2D eigenvalue weighted by Gasteiger charge is -2.09. The summed E-state index contributed by atoms with van der Waals surface area (Å²) in [6.07, 6.45) is 0. The highest BCUT2D eigenvalue weighted by Crippen LogP contribution is 2.21. The van der Waals surface area contributed by atoms with Gasteiger partial charge in [0.25, 0.3) is 0 Å². The van der Waals surface area contributed by atoms with E-state index < -0.39 is 15.8 Å². The molecule has 0 atom stereocenters. The van der Waals surface area contributed by atoms with E-state index >= 15 is 0 Å². The van der Waals surface area contributed by atoms with Crippen molar-refractivity contribution < 1.29 is 18.3 Å². The fourth-order valence-corrected chi connectivity index (χ4v) is 3.46. The highest BCUT2D eigenvalue weighted by atomic mass is 35.5. The number of hydrogen-bond donors (Lipinski definition) is 1. The van der Waals surface area contributed by atoms with Gasteiger partial charge in [0.15, 0.2) is 9.84 Å². The summed E-state index contributed by atoms with van der Waals surface area (Å²) in [5, 5.41) is 8.96. The maximum atomic E-state index is 12.1. The summed E-state index contributed by atoms with van der Waals surface area (Å²) in [5.41, 5.74) is 1.93. The molecule has 1 N–H and O–H groups in total. The Hall–Kier alpha value is -1.33. The van der Waals surface area contributed by atoms with Crippen LogP contribution >= 0.6 is 11.6 Å². The van der Waals surface area contributed by atoms with Crippen molar-refractivity contribution in [2.24, 2.45) is 0 Å². The van der Waals surface area contributed by atoms with Crippen LogP contribution in [0, 0.1) is 6.92 Å². The molecule has 0 spiro atoms. The quantitative estimate of drug-likeness (QED) is 0.924. The first-order valence-electron chi connectivity index (χ1n) is 5.11. The molecule has 6 heteroatoms. The smallest absolute Gasteiger partial charge is 0.335 e. The van der Waals surface area contributed by atoms with Gasteiger partial charge in [0, 0.05) is 5.54 Å². The van der Waals surface area contributed by atoms with E-state index in [2.05, 4.69) is 0 Å². The lowest BCUT2D eigenvalue weighted by Crippen LogP contribution is -2.12. The van der Waals surface area contributed by atoms with Gasteiger partial charge in [-0.3, -0.25) is 0 Å². The number of carboxylic acid groups (broad SMARTS) is 1. The molecule has 4 nitrogen and oxygen atoms in total. The predicted octanol–water partition coefficient (Wildman–Crippen LogP) is 2.61. The van der Waals surface area contributed by atoms with Gasteiger partial charge in [-0.2, -0.15) is 0 Å². The van der Waals surface area contributed by atoms with Gasteiger partial charge in [-0.1, -0.05) is 17.7 Å². The van der Waals surface area contributed by atoms with Gasteiger partial charge in [0.05, 0.1) is 16.2 Å². The Labute approximate surface area is 111 Å². The van der Waals surface area contributed by atoms with Gasteiger partial charge in [0.2, 0.25) is 0 Å². The third-order valence-electron chi connectivity index (χ3n) is 2.45. The lowest BCUT2D eigenvalue weighted by molar-refractivity contribution is 0.0696. The van der Waals surface area contributed by atoms with Gasteiger partial charge in [-0.05, 0) is 37.1 Å². The van der Waals surface area contributed by atoms with Gasteiger partial charge in [-0.15, -0.1) is 0 Å². The zero-order valence-electron chi connectivity index (χ0n) is 9.97. The first-order chi connectivity index (χ1) is 8.29. The van der Waals surface area contributed by atoms with Crippen LogP contribution in [0.1, 0.15) is 22.8 Å². The number of hydrogen-bond acceptors (Lipinski definition) is 3. The van der Waals surface area contributed by atoms with Crippen molar-refractivity contribution >= 4 is 27.4 Å². The highest BCUT2D eigenvalue weighted by molar-refractivity contribution is 7.91. The Bertz CT molecular complexity index is 603. The van der Waals surface area contributed by atoms with Gasteiger partial charge in [0.1, 0.15) is 0 Å². The van der Waals surface area contributed by atoms with Crippen molar-refractivity contribution in [3.63, 3.8) is 0 Å². The minimum atomic E-state index is -3.57. The molecule has 1 rings (SSSR count). The molecule has 0 bridgehead atoms. The van der Waals surface area contributed by atoms with Crippen LogP contribution in [0.15, 0.2) is 34.2 Å². The van der Waals surface area contributed by atoms with E-state index in [0.29, 0.717) is 5.57 Å². The predicted molar refractivity (Wildman–Crippen MR) is 69.8 cm³/mol. The Morgan fingerprint density at radius 1 is 1.44 bits per heavy atom. The van der Waals surface area contributed by atoms with E-state index in [0.717, 1.165) is 0 Å². The second-order valence-electron chi connectivity index (χ2n) is 3.95. The Balaban J connectivity index is 3.34. The van der Waals surface area contributed by atoms with Crippen molar-refractivity contribution in [1.29, 1.82) is 0 Å². The van der Waals surface area contributed by atoms with Crippen LogP contribution in [0.4, 0.5) is 0 Å². The first-order valence-corrected chi connectivity index (χ1v) is 7.20. The monoisotopic (exact) mass is 288 g/mol. The third kappa shape index (κ3) is 3.11. The molecule has 0 saturated carbocycles. The maximum Gasteiger partial charge on any atom is 0.335 e. The normalized spacial score (nSPS) is 12.5. The minimum absolute atomic E-state index is 0.0106. The van der Waals surface area contributed by atoms with E-state index in [-0.39, 0.29) is 21.8 Å². The first kappa shape index (κ1) is 14.7. The van der Waals surface area contributed by atoms with Crippen LogP contribution in [-0.4, -0.2) is 25.2 Å². The molecule has 0 aromatic heterocycles. The number of rotatable bonds is 4. The molecule has 0 fully saturated rings. The van der Waals surface area contributed by atoms with Crippen LogP contribution in [0.2, 0.25) is 0 Å². The standard InChI is InChI=1S/C12H13ClO4S/c1-8(6-13)7-18(16,17)11-5-3-4-10(9(11)2)12(14)15/h3-6H,7H2,1-2H3,(H,14,15)/b8-6-. The topological polar surface area (TPSA) is 71.4 Å². The SMILES string of the molecule is C/C(=C/Cl)CS(=O)(=O)c1cccc(C(=O)O)c1C. The molecule has 0 aliphatic carbocycles. The molecule has 98 valence electrons. The van der Waals surface area contributed by atoms with Gasteiger partial charge >= 0.3 is 5.97 Å². The number of carbonyl (C=O) groups is 1. The number of halogens is 1. The third-order valence-corrected chi connectivity index (χ3v) is 4.77. The summed E-state index contributed by atoms with van der Waals surface area (Å²) in [4.78, 5) is 11.0. The summed E-state index contributed by atoms with van der Waals surface area (Å²) in [6, 6.07) is 4.20. The summed E-state index contributed by atoms with van der Waals surface area (Å²) < 4.78 is 24.2. The van der Waals surface area contributed by atoms with Crippen molar-refractivity contribution in [3.8, 4) is 0 Å². The molecule has 1 aromatic rings. The van der Waals surface area contributed by atoms with Crippen LogP contribution in [0.3, 0.4) is 0 Å². The molecular weight excluding hydrogens is 276 g/mol. The zero-order chi connectivity index (χ0) is 13.9. The minimum Gasteiger partial charge on any atom is -0.478 e. The summed E-state index contributed by atoms with van der Waals surface area (Å²) in [7, 11) is -3.57. The van der Waals surface area contributed by atoms with Gasteiger partial charge < -0.3 is 5.11 Å². The fraction of sp³-hybridized carbons (Fsp3) is 0.250. The maximum absolute atomic E-state index is 12.1.